The molecule has 2 rings (SSSR count). The van der Waals surface area contributed by atoms with Gasteiger partial charge in [0, 0.05) is 6.20 Å². The number of halogens is 1. The first-order valence-electron chi connectivity index (χ1n) is 7.17. The van der Waals surface area contributed by atoms with Crippen molar-refractivity contribution < 1.29 is 23.9 Å². The van der Waals surface area contributed by atoms with Crippen molar-refractivity contribution in [2.45, 2.75) is 18.9 Å². The van der Waals surface area contributed by atoms with E-state index in [-0.39, 0.29) is 18.7 Å². The first kappa shape index (κ1) is 19.1. The van der Waals surface area contributed by atoms with Gasteiger partial charge in [-0.1, -0.05) is 0 Å². The van der Waals surface area contributed by atoms with E-state index in [0.29, 0.717) is 10.6 Å². The Balaban J connectivity index is 2.10. The minimum atomic E-state index is -0.568. The third-order valence-corrected chi connectivity index (χ3v) is 4.91. The van der Waals surface area contributed by atoms with Crippen molar-refractivity contribution >= 4 is 50.8 Å². The minimum absolute atomic E-state index is 0.0431. The van der Waals surface area contributed by atoms with E-state index in [4.69, 9.17) is 0 Å². The summed E-state index contributed by atoms with van der Waals surface area (Å²) in [4.78, 5) is 35.8. The molecule has 1 amide bonds. The second-order valence-electron chi connectivity index (χ2n) is 4.98. The summed E-state index contributed by atoms with van der Waals surface area (Å²) in [5, 5.41) is 6.84. The van der Waals surface area contributed by atoms with Gasteiger partial charge in [-0.2, -0.15) is 5.10 Å². The average molecular weight is 430 g/mol. The maximum absolute atomic E-state index is 12.1. The van der Waals surface area contributed by atoms with Crippen LogP contribution in [-0.2, 0) is 19.1 Å². The zero-order valence-electron chi connectivity index (χ0n) is 13.5. The molecule has 2 aromatic rings. The Morgan fingerprint density at radius 2 is 1.88 bits per heavy atom. The van der Waals surface area contributed by atoms with Crippen molar-refractivity contribution in [2.75, 3.05) is 19.5 Å². The smallest absolute Gasteiger partial charge is 0.307 e. The average Bonchev–Trinajstić information content (AvgIpc) is 3.23. The molecule has 2 aromatic heterocycles. The van der Waals surface area contributed by atoms with Gasteiger partial charge in [0.25, 0.3) is 5.91 Å². The minimum Gasteiger partial charge on any atom is -0.469 e. The van der Waals surface area contributed by atoms with Crippen LogP contribution in [0.15, 0.2) is 28.3 Å². The number of amides is 1. The number of carbonyl (C=O) groups excluding carboxylic acids is 3. The highest BCUT2D eigenvalue weighted by molar-refractivity contribution is 9.11. The Kier molecular flexibility index (Phi) is 6.71. The molecule has 10 heteroatoms. The second kappa shape index (κ2) is 8.77. The number of nitrogens with zero attached hydrogens (tertiary/aromatic N) is 2. The van der Waals surface area contributed by atoms with E-state index in [1.54, 1.807) is 18.3 Å². The van der Waals surface area contributed by atoms with Crippen LogP contribution in [-0.4, -0.2) is 41.8 Å². The maximum Gasteiger partial charge on any atom is 0.307 e. The number of rotatable bonds is 7. The number of esters is 2. The van der Waals surface area contributed by atoms with E-state index in [1.807, 2.05) is 0 Å². The lowest BCUT2D eigenvalue weighted by Crippen LogP contribution is -2.19. The molecule has 0 unspecified atom stereocenters. The van der Waals surface area contributed by atoms with E-state index in [2.05, 4.69) is 35.8 Å². The zero-order chi connectivity index (χ0) is 18.4. The highest BCUT2D eigenvalue weighted by Gasteiger charge is 2.22. The van der Waals surface area contributed by atoms with Crippen LogP contribution < -0.4 is 5.32 Å². The standard InChI is InChI=1S/C15H16BrN3O5S/c1-23-13(20)5-10(6-14(21)24-2)19-8-9(7-17-19)18-15(22)11-3-4-12(16)25-11/h3-4,7-8,10H,5-6H2,1-2H3,(H,18,22). The predicted octanol–water partition coefficient (Wildman–Crippen LogP) is 2.63. The summed E-state index contributed by atoms with van der Waals surface area (Å²) in [6.45, 7) is 0. The first-order chi connectivity index (χ1) is 11.9. The summed E-state index contributed by atoms with van der Waals surface area (Å²) >= 11 is 4.61. The molecule has 25 heavy (non-hydrogen) atoms. The monoisotopic (exact) mass is 429 g/mol. The second-order valence-corrected chi connectivity index (χ2v) is 7.44. The highest BCUT2D eigenvalue weighted by atomic mass is 79.9. The number of nitrogens with one attached hydrogen (secondary N) is 1. The lowest BCUT2D eigenvalue weighted by Gasteiger charge is -2.15. The molecule has 0 aliphatic rings. The third-order valence-electron chi connectivity index (χ3n) is 3.29. The van der Waals surface area contributed by atoms with Crippen LogP contribution in [0.2, 0.25) is 0 Å². The lowest BCUT2D eigenvalue weighted by molar-refractivity contribution is -0.144. The molecular formula is C15H16BrN3O5S. The molecule has 0 aromatic carbocycles. The van der Waals surface area contributed by atoms with Crippen LogP contribution in [0.5, 0.6) is 0 Å². The molecule has 0 saturated heterocycles. The quantitative estimate of drug-likeness (QED) is 0.678. The Hall–Kier alpha value is -2.20. The Bertz CT molecular complexity index is 755. The summed E-state index contributed by atoms with van der Waals surface area (Å²) in [6, 6.07) is 2.92. The molecule has 8 nitrogen and oxygen atoms in total. The fourth-order valence-electron chi connectivity index (χ4n) is 2.04. The van der Waals surface area contributed by atoms with Gasteiger partial charge in [-0.15, -0.1) is 11.3 Å². The summed E-state index contributed by atoms with van der Waals surface area (Å²) < 4.78 is 11.6. The van der Waals surface area contributed by atoms with Crippen LogP contribution in [0.25, 0.3) is 0 Å². The van der Waals surface area contributed by atoms with Crippen LogP contribution in [0.1, 0.15) is 28.6 Å². The van der Waals surface area contributed by atoms with Crippen molar-refractivity contribution in [1.29, 1.82) is 0 Å². The number of hydrogen-bond donors (Lipinski definition) is 1. The Morgan fingerprint density at radius 3 is 2.40 bits per heavy atom. The van der Waals surface area contributed by atoms with Gasteiger partial charge in [0.15, 0.2) is 0 Å². The van der Waals surface area contributed by atoms with Crippen molar-refractivity contribution in [3.05, 3.63) is 33.2 Å². The highest BCUT2D eigenvalue weighted by Crippen LogP contribution is 2.24. The zero-order valence-corrected chi connectivity index (χ0v) is 15.9. The van der Waals surface area contributed by atoms with E-state index in [1.165, 1.54) is 36.4 Å². The molecule has 0 radical (unpaired) electrons. The van der Waals surface area contributed by atoms with Crippen molar-refractivity contribution in [1.82, 2.24) is 9.78 Å². The summed E-state index contributed by atoms with van der Waals surface area (Å²) in [5.74, 6) is -1.22. The third kappa shape index (κ3) is 5.40. The number of ether oxygens (including phenoxy) is 2. The van der Waals surface area contributed by atoms with Crippen molar-refractivity contribution in [2.24, 2.45) is 0 Å². The molecule has 0 aliphatic carbocycles. The van der Waals surface area contributed by atoms with E-state index in [0.717, 1.165) is 3.79 Å². The van der Waals surface area contributed by atoms with Crippen LogP contribution in [0.3, 0.4) is 0 Å². The molecular weight excluding hydrogens is 414 g/mol. The van der Waals surface area contributed by atoms with Gasteiger partial charge in [0.1, 0.15) is 0 Å². The maximum atomic E-state index is 12.1. The van der Waals surface area contributed by atoms with Crippen LogP contribution in [0.4, 0.5) is 5.69 Å². The Morgan fingerprint density at radius 1 is 1.24 bits per heavy atom. The molecule has 2 heterocycles. The van der Waals surface area contributed by atoms with E-state index >= 15 is 0 Å². The fraction of sp³-hybridized carbons (Fsp3) is 0.333. The van der Waals surface area contributed by atoms with E-state index in [9.17, 15) is 14.4 Å². The molecule has 0 bridgehead atoms. The SMILES string of the molecule is COC(=O)CC(CC(=O)OC)n1cc(NC(=O)c2ccc(Br)s2)cn1. The molecule has 0 fully saturated rings. The largest absolute Gasteiger partial charge is 0.469 e. The molecule has 0 aliphatic heterocycles. The number of anilines is 1. The summed E-state index contributed by atoms with van der Waals surface area (Å²) in [5.41, 5.74) is 0.453. The summed E-state index contributed by atoms with van der Waals surface area (Å²) in [7, 11) is 2.54. The molecule has 134 valence electrons. The predicted molar refractivity (Wildman–Crippen MR) is 94.5 cm³/mol. The van der Waals surface area contributed by atoms with Crippen LogP contribution in [0, 0.1) is 0 Å². The number of carbonyl (C=O) groups is 3. The molecule has 0 saturated carbocycles. The van der Waals surface area contributed by atoms with Gasteiger partial charge in [-0.25, -0.2) is 0 Å². The normalized spacial score (nSPS) is 10.6. The van der Waals surface area contributed by atoms with E-state index < -0.39 is 18.0 Å². The van der Waals surface area contributed by atoms with Gasteiger partial charge in [-0.05, 0) is 28.1 Å². The van der Waals surface area contributed by atoms with Gasteiger partial charge in [0.05, 0.1) is 53.7 Å². The topological polar surface area (TPSA) is 99.5 Å². The van der Waals surface area contributed by atoms with Gasteiger partial charge < -0.3 is 14.8 Å². The first-order valence-corrected chi connectivity index (χ1v) is 8.78. The van der Waals surface area contributed by atoms with Crippen molar-refractivity contribution in [3.63, 3.8) is 0 Å². The molecule has 1 N–H and O–H groups in total. The van der Waals surface area contributed by atoms with Gasteiger partial charge in [0.2, 0.25) is 0 Å². The van der Waals surface area contributed by atoms with Gasteiger partial charge >= 0.3 is 11.9 Å². The number of aromatic nitrogens is 2. The molecule has 0 spiro atoms. The Labute approximate surface area is 156 Å². The number of hydrogen-bond acceptors (Lipinski definition) is 7. The molecule has 0 atom stereocenters. The summed E-state index contributed by atoms with van der Waals surface area (Å²) in [6.07, 6.45) is 2.91. The van der Waals surface area contributed by atoms with Crippen molar-refractivity contribution in [3.8, 4) is 0 Å². The van der Waals surface area contributed by atoms with Crippen LogP contribution >= 0.6 is 27.3 Å². The number of thiophene rings is 1. The number of methoxy groups -OCH3 is 2. The fourth-order valence-corrected chi connectivity index (χ4v) is 3.32. The van der Waals surface area contributed by atoms with Gasteiger partial charge in [-0.3, -0.25) is 19.1 Å². The lowest BCUT2D eigenvalue weighted by atomic mass is 10.1.